The molecule has 0 saturated carbocycles. The van der Waals surface area contributed by atoms with E-state index in [1.54, 1.807) is 0 Å². The molecule has 1 aromatic rings. The lowest BCUT2D eigenvalue weighted by Gasteiger charge is -2.31. The molecule has 1 unspecified atom stereocenters. The normalized spacial score (nSPS) is 16.9. The molecule has 3 heteroatoms. The third-order valence-electron chi connectivity index (χ3n) is 4.37. The summed E-state index contributed by atoms with van der Waals surface area (Å²) in [6.07, 6.45) is 5.63. The molecule has 1 aromatic carbocycles. The van der Waals surface area contributed by atoms with Gasteiger partial charge in [-0.25, -0.2) is 0 Å². The zero-order chi connectivity index (χ0) is 15.1. The predicted molar refractivity (Wildman–Crippen MR) is 88.5 cm³/mol. The maximum atomic E-state index is 9.27. The van der Waals surface area contributed by atoms with Crippen molar-refractivity contribution in [2.45, 2.75) is 51.5 Å². The Kier molecular flexibility index (Phi) is 5.64. The highest BCUT2D eigenvalue weighted by Gasteiger charge is 2.22. The first kappa shape index (κ1) is 15.9. The largest absolute Gasteiger partial charge is 0.371 e. The van der Waals surface area contributed by atoms with Crippen molar-refractivity contribution in [2.24, 2.45) is 0 Å². The van der Waals surface area contributed by atoms with E-state index in [9.17, 15) is 5.26 Å². The van der Waals surface area contributed by atoms with E-state index in [-0.39, 0.29) is 5.54 Å². The van der Waals surface area contributed by atoms with Crippen LogP contribution >= 0.6 is 0 Å². The number of nitriles is 1. The number of rotatable bonds is 7. The van der Waals surface area contributed by atoms with Crippen LogP contribution in [-0.2, 0) is 6.42 Å². The van der Waals surface area contributed by atoms with Crippen molar-refractivity contribution in [3.63, 3.8) is 0 Å². The molecule has 1 N–H and O–H groups in total. The molecule has 0 aliphatic carbocycles. The first-order chi connectivity index (χ1) is 10.2. The maximum absolute atomic E-state index is 9.27. The summed E-state index contributed by atoms with van der Waals surface area (Å²) in [6, 6.07) is 11.2. The number of hydrogen-bond acceptors (Lipinski definition) is 3. The van der Waals surface area contributed by atoms with E-state index in [2.05, 4.69) is 47.5 Å². The zero-order valence-electron chi connectivity index (χ0n) is 13.4. The van der Waals surface area contributed by atoms with Crippen LogP contribution < -0.4 is 10.2 Å². The molecule has 1 aliphatic rings. The first-order valence-electron chi connectivity index (χ1n) is 8.17. The molecular weight excluding hydrogens is 258 g/mol. The quantitative estimate of drug-likeness (QED) is 0.779. The fraction of sp³-hybridized carbons (Fsp3) is 0.611. The molecule has 0 radical (unpaired) electrons. The third kappa shape index (κ3) is 4.22. The van der Waals surface area contributed by atoms with Crippen LogP contribution in [0.2, 0.25) is 0 Å². The topological polar surface area (TPSA) is 39.1 Å². The highest BCUT2D eigenvalue weighted by Crippen LogP contribution is 2.27. The SMILES string of the molecule is CCNC(C)(C#N)CCCCN1CCCc2ccccc21. The van der Waals surface area contributed by atoms with Gasteiger partial charge >= 0.3 is 0 Å². The minimum Gasteiger partial charge on any atom is -0.371 e. The Hall–Kier alpha value is -1.53. The van der Waals surface area contributed by atoms with E-state index in [0.29, 0.717) is 0 Å². The Balaban J connectivity index is 1.81. The van der Waals surface area contributed by atoms with Crippen molar-refractivity contribution in [1.82, 2.24) is 5.32 Å². The minimum absolute atomic E-state index is 0.367. The molecule has 1 heterocycles. The number of unbranched alkanes of at least 4 members (excludes halogenated alkanes) is 1. The van der Waals surface area contributed by atoms with Gasteiger partial charge in [0.2, 0.25) is 0 Å². The molecular formula is C18H27N3. The van der Waals surface area contributed by atoms with Crippen molar-refractivity contribution in [3.8, 4) is 6.07 Å². The highest BCUT2D eigenvalue weighted by molar-refractivity contribution is 5.55. The zero-order valence-corrected chi connectivity index (χ0v) is 13.4. The Bertz CT molecular complexity index is 491. The van der Waals surface area contributed by atoms with Crippen LogP contribution in [0.4, 0.5) is 5.69 Å². The van der Waals surface area contributed by atoms with Gasteiger partial charge in [-0.2, -0.15) is 5.26 Å². The molecule has 0 fully saturated rings. The number of anilines is 1. The van der Waals surface area contributed by atoms with Gasteiger partial charge in [0.15, 0.2) is 0 Å². The lowest BCUT2D eigenvalue weighted by Crippen LogP contribution is -2.40. The Morgan fingerprint density at radius 2 is 2.14 bits per heavy atom. The fourth-order valence-corrected chi connectivity index (χ4v) is 3.20. The average Bonchev–Trinajstić information content (AvgIpc) is 2.52. The monoisotopic (exact) mass is 285 g/mol. The van der Waals surface area contributed by atoms with E-state index in [1.807, 2.05) is 6.92 Å². The van der Waals surface area contributed by atoms with Crippen molar-refractivity contribution in [1.29, 1.82) is 5.26 Å². The van der Waals surface area contributed by atoms with E-state index in [4.69, 9.17) is 0 Å². The number of benzene rings is 1. The molecule has 0 bridgehead atoms. The second-order valence-corrected chi connectivity index (χ2v) is 6.15. The van der Waals surface area contributed by atoms with Gasteiger partial charge in [-0.05, 0) is 57.2 Å². The van der Waals surface area contributed by atoms with Crippen LogP contribution in [0.5, 0.6) is 0 Å². The molecule has 0 saturated heterocycles. The smallest absolute Gasteiger partial charge is 0.103 e. The Morgan fingerprint density at radius 3 is 2.90 bits per heavy atom. The minimum atomic E-state index is -0.367. The number of para-hydroxylation sites is 1. The summed E-state index contributed by atoms with van der Waals surface area (Å²) in [5.41, 5.74) is 2.53. The van der Waals surface area contributed by atoms with E-state index < -0.39 is 0 Å². The predicted octanol–water partition coefficient (Wildman–Crippen LogP) is 3.50. The van der Waals surface area contributed by atoms with Crippen LogP contribution in [-0.4, -0.2) is 25.2 Å². The Morgan fingerprint density at radius 1 is 1.33 bits per heavy atom. The second kappa shape index (κ2) is 7.47. The van der Waals surface area contributed by atoms with Gasteiger partial charge in [-0.15, -0.1) is 0 Å². The second-order valence-electron chi connectivity index (χ2n) is 6.15. The molecule has 3 nitrogen and oxygen atoms in total. The molecule has 1 atom stereocenters. The van der Waals surface area contributed by atoms with Gasteiger partial charge in [0.25, 0.3) is 0 Å². The molecule has 21 heavy (non-hydrogen) atoms. The maximum Gasteiger partial charge on any atom is 0.103 e. The molecule has 0 amide bonds. The summed E-state index contributed by atoms with van der Waals surface area (Å²) in [7, 11) is 0. The van der Waals surface area contributed by atoms with Crippen LogP contribution in [0.3, 0.4) is 0 Å². The molecule has 1 aliphatic heterocycles. The molecule has 2 rings (SSSR count). The van der Waals surface area contributed by atoms with Crippen molar-refractivity contribution >= 4 is 5.69 Å². The summed E-state index contributed by atoms with van der Waals surface area (Å²) in [4.78, 5) is 2.51. The van der Waals surface area contributed by atoms with Gasteiger partial charge in [0.1, 0.15) is 5.54 Å². The van der Waals surface area contributed by atoms with Gasteiger partial charge in [-0.1, -0.05) is 25.1 Å². The number of fused-ring (bicyclic) bond motifs is 1. The number of hydrogen-bond donors (Lipinski definition) is 1. The summed E-state index contributed by atoms with van der Waals surface area (Å²) >= 11 is 0. The van der Waals surface area contributed by atoms with Gasteiger partial charge in [0.05, 0.1) is 6.07 Å². The van der Waals surface area contributed by atoms with Crippen LogP contribution in [0, 0.1) is 11.3 Å². The van der Waals surface area contributed by atoms with Crippen LogP contribution in [0.25, 0.3) is 0 Å². The summed E-state index contributed by atoms with van der Waals surface area (Å²) < 4.78 is 0. The third-order valence-corrected chi connectivity index (χ3v) is 4.37. The summed E-state index contributed by atoms with van der Waals surface area (Å²) in [5.74, 6) is 0. The number of aryl methyl sites for hydroxylation is 1. The first-order valence-corrected chi connectivity index (χ1v) is 8.17. The van der Waals surface area contributed by atoms with E-state index in [0.717, 1.165) is 32.4 Å². The van der Waals surface area contributed by atoms with Gasteiger partial charge in [-0.3, -0.25) is 5.32 Å². The van der Waals surface area contributed by atoms with Crippen LogP contribution in [0.15, 0.2) is 24.3 Å². The summed E-state index contributed by atoms with van der Waals surface area (Å²) in [5, 5.41) is 12.6. The van der Waals surface area contributed by atoms with Crippen LogP contribution in [0.1, 0.15) is 45.1 Å². The lowest BCUT2D eigenvalue weighted by atomic mass is 9.96. The fourth-order valence-electron chi connectivity index (χ4n) is 3.20. The van der Waals surface area contributed by atoms with E-state index in [1.165, 1.54) is 30.6 Å². The van der Waals surface area contributed by atoms with Gasteiger partial charge < -0.3 is 4.90 Å². The van der Waals surface area contributed by atoms with Crippen molar-refractivity contribution in [2.75, 3.05) is 24.5 Å². The average molecular weight is 285 g/mol. The highest BCUT2D eigenvalue weighted by atomic mass is 15.1. The standard InChI is InChI=1S/C18H27N3/c1-3-20-18(2,15-19)12-6-7-13-21-14-8-10-16-9-4-5-11-17(16)21/h4-5,9,11,20H,3,6-8,10,12-14H2,1-2H3. The summed E-state index contributed by atoms with van der Waals surface area (Å²) in [6.45, 7) is 7.18. The number of nitrogens with one attached hydrogen (secondary N) is 1. The number of nitrogens with zero attached hydrogens (tertiary/aromatic N) is 2. The molecule has 0 aromatic heterocycles. The molecule has 114 valence electrons. The van der Waals surface area contributed by atoms with Gasteiger partial charge in [0, 0.05) is 18.8 Å². The van der Waals surface area contributed by atoms with Crippen molar-refractivity contribution in [3.05, 3.63) is 29.8 Å². The van der Waals surface area contributed by atoms with Crippen molar-refractivity contribution < 1.29 is 0 Å². The molecule has 0 spiro atoms. The Labute approximate surface area is 129 Å². The lowest BCUT2D eigenvalue weighted by molar-refractivity contribution is 0.411. The van der Waals surface area contributed by atoms with E-state index >= 15 is 0 Å².